The average molecular weight is 209 g/mol. The van der Waals surface area contributed by atoms with Gasteiger partial charge >= 0.3 is 0 Å². The second-order valence-corrected chi connectivity index (χ2v) is 5.30. The predicted octanol–water partition coefficient (Wildman–Crippen LogP) is 3.90. The van der Waals surface area contributed by atoms with E-state index in [2.05, 4.69) is 25.7 Å². The molecule has 0 aromatic carbocycles. The molecule has 0 aromatic heterocycles. The Kier molecular flexibility index (Phi) is 5.38. The lowest BCUT2D eigenvalue weighted by molar-refractivity contribution is 0.178. The number of nitrogens with one attached hydrogen (secondary N) is 1. The predicted molar refractivity (Wildman–Crippen MR) is 68.1 cm³/mol. The van der Waals surface area contributed by atoms with E-state index in [0.717, 1.165) is 0 Å². The standard InChI is InChI=1S/C14H27N/c1-4-14(10-7-11-15-12-14)9-6-5-8-13(2)3/h15H,2,4-12H2,1,3H3. The topological polar surface area (TPSA) is 12.0 Å². The first-order valence-corrected chi connectivity index (χ1v) is 6.54. The van der Waals surface area contributed by atoms with Crippen molar-refractivity contribution in [2.45, 2.75) is 58.8 Å². The molecule has 15 heavy (non-hydrogen) atoms. The van der Waals surface area contributed by atoms with Crippen LogP contribution >= 0.6 is 0 Å². The molecule has 0 bridgehead atoms. The molecule has 1 atom stereocenters. The van der Waals surface area contributed by atoms with Gasteiger partial charge in [0.1, 0.15) is 0 Å². The van der Waals surface area contributed by atoms with Gasteiger partial charge in [0.2, 0.25) is 0 Å². The minimum absolute atomic E-state index is 0.618. The fraction of sp³-hybridized carbons (Fsp3) is 0.857. The molecule has 1 heteroatoms. The second kappa shape index (κ2) is 6.32. The number of unbranched alkanes of at least 4 members (excludes halogenated alkanes) is 1. The summed E-state index contributed by atoms with van der Waals surface area (Å²) in [6.07, 6.45) is 9.47. The van der Waals surface area contributed by atoms with Gasteiger partial charge in [0.05, 0.1) is 0 Å². The monoisotopic (exact) mass is 209 g/mol. The molecule has 1 rings (SSSR count). The number of hydrogen-bond donors (Lipinski definition) is 1. The number of rotatable bonds is 6. The maximum atomic E-state index is 3.96. The van der Waals surface area contributed by atoms with E-state index in [4.69, 9.17) is 0 Å². The van der Waals surface area contributed by atoms with Gasteiger partial charge in [-0.3, -0.25) is 0 Å². The lowest BCUT2D eigenvalue weighted by Gasteiger charge is -2.37. The van der Waals surface area contributed by atoms with Crippen molar-refractivity contribution in [3.05, 3.63) is 12.2 Å². The molecule has 1 unspecified atom stereocenters. The summed E-state index contributed by atoms with van der Waals surface area (Å²) in [6, 6.07) is 0. The first kappa shape index (κ1) is 12.8. The summed E-state index contributed by atoms with van der Waals surface area (Å²) in [4.78, 5) is 0. The molecule has 1 aliphatic heterocycles. The summed E-state index contributed by atoms with van der Waals surface area (Å²) in [5, 5.41) is 3.56. The third-order valence-electron chi connectivity index (χ3n) is 3.87. The van der Waals surface area contributed by atoms with E-state index >= 15 is 0 Å². The van der Waals surface area contributed by atoms with Crippen LogP contribution in [0.5, 0.6) is 0 Å². The SMILES string of the molecule is C=C(C)CCCCC1(CC)CCCNC1. The Bertz CT molecular complexity index is 190. The normalized spacial score (nSPS) is 26.5. The van der Waals surface area contributed by atoms with Crippen molar-refractivity contribution >= 4 is 0 Å². The maximum absolute atomic E-state index is 3.96. The van der Waals surface area contributed by atoms with Crippen LogP contribution in [0, 0.1) is 5.41 Å². The third-order valence-corrected chi connectivity index (χ3v) is 3.87. The highest BCUT2D eigenvalue weighted by Crippen LogP contribution is 2.35. The smallest absolute Gasteiger partial charge is 0.000771 e. The van der Waals surface area contributed by atoms with E-state index in [9.17, 15) is 0 Å². The van der Waals surface area contributed by atoms with Crippen molar-refractivity contribution in [1.82, 2.24) is 5.32 Å². The van der Waals surface area contributed by atoms with Crippen molar-refractivity contribution in [2.24, 2.45) is 5.41 Å². The van der Waals surface area contributed by atoms with Gasteiger partial charge in [-0.15, -0.1) is 6.58 Å². The molecule has 0 radical (unpaired) electrons. The van der Waals surface area contributed by atoms with Crippen LogP contribution < -0.4 is 5.32 Å². The molecular formula is C14H27N. The van der Waals surface area contributed by atoms with Crippen LogP contribution in [0.25, 0.3) is 0 Å². The molecule has 0 aliphatic carbocycles. The van der Waals surface area contributed by atoms with Crippen molar-refractivity contribution in [1.29, 1.82) is 0 Å². The molecule has 0 saturated carbocycles. The van der Waals surface area contributed by atoms with Crippen LogP contribution in [0.15, 0.2) is 12.2 Å². The minimum Gasteiger partial charge on any atom is -0.316 e. The Balaban J connectivity index is 2.23. The summed E-state index contributed by atoms with van der Waals surface area (Å²) in [5.41, 5.74) is 1.95. The van der Waals surface area contributed by atoms with E-state index in [1.54, 1.807) is 0 Å². The maximum Gasteiger partial charge on any atom is 0.000771 e. The van der Waals surface area contributed by atoms with E-state index < -0.39 is 0 Å². The van der Waals surface area contributed by atoms with Crippen molar-refractivity contribution in [3.8, 4) is 0 Å². The summed E-state index contributed by atoms with van der Waals surface area (Å²) < 4.78 is 0. The summed E-state index contributed by atoms with van der Waals surface area (Å²) >= 11 is 0. The van der Waals surface area contributed by atoms with E-state index in [0.29, 0.717) is 5.41 Å². The van der Waals surface area contributed by atoms with Gasteiger partial charge < -0.3 is 5.32 Å². The lowest BCUT2D eigenvalue weighted by Crippen LogP contribution is -2.39. The van der Waals surface area contributed by atoms with Gasteiger partial charge in [-0.1, -0.05) is 18.9 Å². The number of allylic oxidation sites excluding steroid dienone is 1. The van der Waals surface area contributed by atoms with Crippen molar-refractivity contribution in [2.75, 3.05) is 13.1 Å². The Morgan fingerprint density at radius 2 is 2.20 bits per heavy atom. The van der Waals surface area contributed by atoms with Crippen LogP contribution in [-0.2, 0) is 0 Å². The number of hydrogen-bond acceptors (Lipinski definition) is 1. The number of piperidine rings is 1. The van der Waals surface area contributed by atoms with Crippen LogP contribution in [0.4, 0.5) is 0 Å². The fourth-order valence-corrected chi connectivity index (χ4v) is 2.65. The van der Waals surface area contributed by atoms with Gasteiger partial charge in [0, 0.05) is 6.54 Å². The lowest BCUT2D eigenvalue weighted by atomic mass is 9.74. The molecule has 1 fully saturated rings. The zero-order valence-electron chi connectivity index (χ0n) is 10.6. The van der Waals surface area contributed by atoms with Crippen LogP contribution in [-0.4, -0.2) is 13.1 Å². The van der Waals surface area contributed by atoms with Gasteiger partial charge in [0.25, 0.3) is 0 Å². The van der Waals surface area contributed by atoms with Gasteiger partial charge in [0.15, 0.2) is 0 Å². The molecule has 1 aliphatic rings. The first-order valence-electron chi connectivity index (χ1n) is 6.54. The molecule has 1 saturated heterocycles. The molecule has 88 valence electrons. The Morgan fingerprint density at radius 1 is 1.40 bits per heavy atom. The largest absolute Gasteiger partial charge is 0.316 e. The van der Waals surface area contributed by atoms with Gasteiger partial charge in [-0.25, -0.2) is 0 Å². The van der Waals surface area contributed by atoms with E-state index in [1.807, 2.05) is 0 Å². The Hall–Kier alpha value is -0.300. The molecule has 0 aromatic rings. The highest BCUT2D eigenvalue weighted by molar-refractivity contribution is 4.88. The van der Waals surface area contributed by atoms with Gasteiger partial charge in [-0.2, -0.15) is 0 Å². The Morgan fingerprint density at radius 3 is 2.73 bits per heavy atom. The molecular weight excluding hydrogens is 182 g/mol. The molecule has 1 N–H and O–H groups in total. The molecule has 1 nitrogen and oxygen atoms in total. The van der Waals surface area contributed by atoms with Crippen molar-refractivity contribution in [3.63, 3.8) is 0 Å². The van der Waals surface area contributed by atoms with Crippen LogP contribution in [0.2, 0.25) is 0 Å². The first-order chi connectivity index (χ1) is 7.18. The van der Waals surface area contributed by atoms with Crippen LogP contribution in [0.1, 0.15) is 58.8 Å². The highest BCUT2D eigenvalue weighted by Gasteiger charge is 2.29. The average Bonchev–Trinajstić information content (AvgIpc) is 2.26. The minimum atomic E-state index is 0.618. The molecule has 0 spiro atoms. The zero-order valence-corrected chi connectivity index (χ0v) is 10.6. The van der Waals surface area contributed by atoms with Crippen LogP contribution in [0.3, 0.4) is 0 Å². The van der Waals surface area contributed by atoms with Crippen molar-refractivity contribution < 1.29 is 0 Å². The van der Waals surface area contributed by atoms with E-state index in [1.165, 1.54) is 63.6 Å². The molecule has 1 heterocycles. The Labute approximate surface area is 95.3 Å². The summed E-state index contributed by atoms with van der Waals surface area (Å²) in [6.45, 7) is 10.9. The highest BCUT2D eigenvalue weighted by atomic mass is 14.9. The zero-order chi connectivity index (χ0) is 11.1. The fourth-order valence-electron chi connectivity index (χ4n) is 2.65. The summed E-state index contributed by atoms with van der Waals surface area (Å²) in [7, 11) is 0. The van der Waals surface area contributed by atoms with Gasteiger partial charge in [-0.05, 0) is 57.4 Å². The quantitative estimate of drug-likeness (QED) is 0.517. The molecule has 0 amide bonds. The third kappa shape index (κ3) is 4.38. The summed E-state index contributed by atoms with van der Waals surface area (Å²) in [5.74, 6) is 0. The second-order valence-electron chi connectivity index (χ2n) is 5.30. The van der Waals surface area contributed by atoms with E-state index in [-0.39, 0.29) is 0 Å².